The number of aromatic amines is 1. The molecule has 0 spiro atoms. The molecule has 0 fully saturated rings. The van der Waals surface area contributed by atoms with Crippen molar-refractivity contribution in [2.45, 2.75) is 51.9 Å². The number of nitrogens with one attached hydrogen (secondary N) is 1. The minimum absolute atomic E-state index is 0.00772. The molecule has 1 aliphatic heterocycles. The third kappa shape index (κ3) is 4.55. The number of hydrogen-bond donors (Lipinski definition) is 2. The first-order valence-electron chi connectivity index (χ1n) is 10.9. The van der Waals surface area contributed by atoms with Gasteiger partial charge >= 0.3 is 5.97 Å². The van der Waals surface area contributed by atoms with Crippen molar-refractivity contribution in [1.29, 1.82) is 0 Å². The summed E-state index contributed by atoms with van der Waals surface area (Å²) in [5.41, 5.74) is 1.91. The number of carbonyl (C=O) groups is 1. The van der Waals surface area contributed by atoms with Gasteiger partial charge in [-0.3, -0.25) is 4.90 Å². The van der Waals surface area contributed by atoms with Gasteiger partial charge in [-0.05, 0) is 75.1 Å². The Morgan fingerprint density at radius 3 is 2.52 bits per heavy atom. The second-order valence-corrected chi connectivity index (χ2v) is 9.48. The van der Waals surface area contributed by atoms with Gasteiger partial charge in [0.25, 0.3) is 0 Å². The quantitative estimate of drug-likeness (QED) is 0.468. The summed E-state index contributed by atoms with van der Waals surface area (Å²) in [5.74, 6) is -2.82. The lowest BCUT2D eigenvalue weighted by molar-refractivity contribution is -0.131. The predicted molar refractivity (Wildman–Crippen MR) is 123 cm³/mol. The van der Waals surface area contributed by atoms with Crippen LogP contribution in [0.1, 0.15) is 54.8 Å². The molecule has 0 saturated carbocycles. The van der Waals surface area contributed by atoms with Gasteiger partial charge in [-0.25, -0.2) is 18.0 Å². The highest BCUT2D eigenvalue weighted by atomic mass is 19.1. The van der Waals surface area contributed by atoms with Crippen molar-refractivity contribution in [2.24, 2.45) is 0 Å². The van der Waals surface area contributed by atoms with Crippen LogP contribution in [-0.4, -0.2) is 39.2 Å². The Morgan fingerprint density at radius 2 is 1.91 bits per heavy atom. The summed E-state index contributed by atoms with van der Waals surface area (Å²) in [5, 5.41) is 9.82. The maximum absolute atomic E-state index is 15.4. The number of carboxylic acids is 1. The highest BCUT2D eigenvalue weighted by Crippen LogP contribution is 2.43. The lowest BCUT2D eigenvalue weighted by Crippen LogP contribution is -2.48. The molecule has 33 heavy (non-hydrogen) atoms. The summed E-state index contributed by atoms with van der Waals surface area (Å²) in [6, 6.07) is 7.20. The monoisotopic (exact) mass is 456 g/mol. The summed E-state index contributed by atoms with van der Waals surface area (Å²) in [7, 11) is 0. The zero-order chi connectivity index (χ0) is 24.1. The first-order valence-corrected chi connectivity index (χ1v) is 10.9. The third-order valence-corrected chi connectivity index (χ3v) is 6.12. The van der Waals surface area contributed by atoms with Gasteiger partial charge in [0.05, 0.1) is 6.04 Å². The average molecular weight is 457 g/mol. The number of nitrogens with zero attached hydrogens (tertiary/aromatic N) is 1. The SMILES string of the molecule is Cc1ccc2c3c([nH]c2c1)C(c1c(F)cc(/C=C/C(=O)O)cc1F)N(CC(C)(C)F)C(C)C3. The molecule has 2 N–H and O–H groups in total. The van der Waals surface area contributed by atoms with E-state index in [1.165, 1.54) is 13.8 Å². The number of carboxylic acid groups (broad SMARTS) is 1. The topological polar surface area (TPSA) is 56.3 Å². The van der Waals surface area contributed by atoms with E-state index in [1.54, 1.807) is 4.90 Å². The predicted octanol–water partition coefficient (Wildman–Crippen LogP) is 5.94. The molecule has 7 heteroatoms. The van der Waals surface area contributed by atoms with E-state index in [9.17, 15) is 9.18 Å². The molecule has 0 amide bonds. The van der Waals surface area contributed by atoms with E-state index in [1.807, 2.05) is 32.0 Å². The lowest BCUT2D eigenvalue weighted by Gasteiger charge is -2.43. The number of aliphatic carboxylic acids is 1. The maximum Gasteiger partial charge on any atom is 0.328 e. The lowest BCUT2D eigenvalue weighted by atomic mass is 9.86. The van der Waals surface area contributed by atoms with Gasteiger partial charge in [-0.1, -0.05) is 12.1 Å². The van der Waals surface area contributed by atoms with Crippen molar-refractivity contribution < 1.29 is 23.1 Å². The molecule has 0 bridgehead atoms. The number of rotatable bonds is 5. The summed E-state index contributed by atoms with van der Waals surface area (Å²) < 4.78 is 45.6. The molecule has 2 aromatic carbocycles. The largest absolute Gasteiger partial charge is 0.478 e. The van der Waals surface area contributed by atoms with Crippen LogP contribution in [0, 0.1) is 18.6 Å². The zero-order valence-corrected chi connectivity index (χ0v) is 19.0. The molecular weight excluding hydrogens is 429 g/mol. The number of benzene rings is 2. The molecule has 0 radical (unpaired) electrons. The first-order chi connectivity index (χ1) is 15.4. The van der Waals surface area contributed by atoms with Crippen LogP contribution in [0.3, 0.4) is 0 Å². The van der Waals surface area contributed by atoms with E-state index in [0.29, 0.717) is 12.1 Å². The Balaban J connectivity index is 1.93. The summed E-state index contributed by atoms with van der Waals surface area (Å²) in [6.07, 6.45) is 2.58. The minimum atomic E-state index is -1.58. The van der Waals surface area contributed by atoms with E-state index in [-0.39, 0.29) is 23.7 Å². The van der Waals surface area contributed by atoms with E-state index in [0.717, 1.165) is 46.3 Å². The van der Waals surface area contributed by atoms with E-state index in [4.69, 9.17) is 5.11 Å². The number of halogens is 3. The van der Waals surface area contributed by atoms with Crippen LogP contribution in [0.2, 0.25) is 0 Å². The molecular formula is C26H27F3N2O2. The molecule has 1 aromatic heterocycles. The number of aromatic nitrogens is 1. The Kier molecular flexibility index (Phi) is 5.86. The van der Waals surface area contributed by atoms with Crippen LogP contribution in [0.15, 0.2) is 36.4 Å². The molecule has 4 rings (SSSR count). The Morgan fingerprint density at radius 1 is 1.24 bits per heavy atom. The summed E-state index contributed by atoms with van der Waals surface area (Å²) in [6.45, 7) is 6.81. The van der Waals surface area contributed by atoms with Crippen molar-refractivity contribution in [1.82, 2.24) is 9.88 Å². The van der Waals surface area contributed by atoms with Crippen LogP contribution in [0.5, 0.6) is 0 Å². The van der Waals surface area contributed by atoms with Crippen LogP contribution < -0.4 is 0 Å². The molecule has 0 aliphatic carbocycles. The van der Waals surface area contributed by atoms with Crippen LogP contribution >= 0.6 is 0 Å². The Bertz CT molecular complexity index is 1230. The van der Waals surface area contributed by atoms with Gasteiger partial charge in [0.1, 0.15) is 17.3 Å². The Labute approximate surface area is 190 Å². The normalized spacial score (nSPS) is 19.4. The summed E-state index contributed by atoms with van der Waals surface area (Å²) in [4.78, 5) is 16.0. The van der Waals surface area contributed by atoms with Crippen molar-refractivity contribution in [2.75, 3.05) is 6.54 Å². The van der Waals surface area contributed by atoms with Gasteiger partial charge < -0.3 is 10.1 Å². The number of aryl methyl sites for hydroxylation is 1. The number of fused-ring (bicyclic) bond motifs is 3. The fourth-order valence-corrected chi connectivity index (χ4v) is 4.80. The van der Waals surface area contributed by atoms with Gasteiger partial charge in [0.15, 0.2) is 0 Å². The first kappa shape index (κ1) is 23.1. The van der Waals surface area contributed by atoms with Gasteiger partial charge in [-0.2, -0.15) is 0 Å². The van der Waals surface area contributed by atoms with Gasteiger partial charge in [0, 0.05) is 40.8 Å². The third-order valence-electron chi connectivity index (χ3n) is 6.12. The van der Waals surface area contributed by atoms with Crippen molar-refractivity contribution in [3.05, 3.63) is 76.0 Å². The van der Waals surface area contributed by atoms with Crippen LogP contribution in [0.4, 0.5) is 13.2 Å². The molecule has 2 atom stereocenters. The van der Waals surface area contributed by atoms with Gasteiger partial charge in [-0.15, -0.1) is 0 Å². The van der Waals surface area contributed by atoms with Crippen LogP contribution in [-0.2, 0) is 11.2 Å². The van der Waals surface area contributed by atoms with E-state index >= 15 is 8.78 Å². The van der Waals surface area contributed by atoms with Crippen LogP contribution in [0.25, 0.3) is 17.0 Å². The number of hydrogen-bond acceptors (Lipinski definition) is 2. The molecule has 2 heterocycles. The second kappa shape index (κ2) is 8.37. The molecule has 2 unspecified atom stereocenters. The average Bonchev–Trinajstić information content (AvgIpc) is 3.04. The molecule has 1 aliphatic rings. The van der Waals surface area contributed by atoms with Crippen molar-refractivity contribution >= 4 is 22.9 Å². The molecule has 4 nitrogen and oxygen atoms in total. The molecule has 0 saturated heterocycles. The fourth-order valence-electron chi connectivity index (χ4n) is 4.80. The van der Waals surface area contributed by atoms with Gasteiger partial charge in [0.2, 0.25) is 0 Å². The number of alkyl halides is 1. The van der Waals surface area contributed by atoms with E-state index < -0.39 is 29.3 Å². The highest BCUT2D eigenvalue weighted by Gasteiger charge is 2.40. The van der Waals surface area contributed by atoms with Crippen molar-refractivity contribution in [3.8, 4) is 0 Å². The highest BCUT2D eigenvalue weighted by molar-refractivity contribution is 5.86. The maximum atomic E-state index is 15.4. The summed E-state index contributed by atoms with van der Waals surface area (Å²) >= 11 is 0. The number of H-pyrrole nitrogens is 1. The van der Waals surface area contributed by atoms with Crippen molar-refractivity contribution in [3.63, 3.8) is 0 Å². The smallest absolute Gasteiger partial charge is 0.328 e. The molecule has 174 valence electrons. The minimum Gasteiger partial charge on any atom is -0.478 e. The molecule has 3 aromatic rings. The fraction of sp³-hybridized carbons (Fsp3) is 0.346. The van der Waals surface area contributed by atoms with E-state index in [2.05, 4.69) is 4.98 Å². The zero-order valence-electron chi connectivity index (χ0n) is 19.0. The Hall–Kier alpha value is -3.06. The standard InChI is InChI=1S/C26H27F3N2O2/c1-14-5-7-17-18-10-15(2)31(13-26(3,4)29)25(24(18)30-21(17)9-14)23-19(27)11-16(12-20(23)28)6-8-22(32)33/h5-9,11-12,15,25,30H,10,13H2,1-4H3,(H,32,33)/b8-6+. The second-order valence-electron chi connectivity index (χ2n) is 9.48.